The van der Waals surface area contributed by atoms with E-state index >= 15 is 0 Å². The molecule has 0 radical (unpaired) electrons. The highest BCUT2D eigenvalue weighted by Crippen LogP contribution is 2.35. The predicted octanol–water partition coefficient (Wildman–Crippen LogP) is 0.621. The number of fused-ring (bicyclic) bond motifs is 1. The first-order valence-corrected chi connectivity index (χ1v) is 6.41. The van der Waals surface area contributed by atoms with Gasteiger partial charge in [0.1, 0.15) is 17.6 Å². The highest BCUT2D eigenvalue weighted by Gasteiger charge is 2.23. The van der Waals surface area contributed by atoms with E-state index in [2.05, 4.69) is 0 Å². The third-order valence-electron chi connectivity index (χ3n) is 3.45. The van der Waals surface area contributed by atoms with Crippen LogP contribution in [0.25, 0.3) is 0 Å². The number of hydrogen-bond donors (Lipinski definition) is 2. The largest absolute Gasteiger partial charge is 0.496 e. The van der Waals surface area contributed by atoms with Gasteiger partial charge in [0.25, 0.3) is 0 Å². The Morgan fingerprint density at radius 3 is 2.89 bits per heavy atom. The summed E-state index contributed by atoms with van der Waals surface area (Å²) >= 11 is 0. The summed E-state index contributed by atoms with van der Waals surface area (Å²) in [6.07, 6.45) is 1.53. The van der Waals surface area contributed by atoms with Gasteiger partial charge in [-0.15, -0.1) is 0 Å². The molecule has 1 aromatic carbocycles. The molecule has 4 N–H and O–H groups in total. The van der Waals surface area contributed by atoms with E-state index in [4.69, 9.17) is 20.9 Å². The summed E-state index contributed by atoms with van der Waals surface area (Å²) in [6, 6.07) is 3.91. The van der Waals surface area contributed by atoms with E-state index in [0.717, 1.165) is 29.0 Å². The van der Waals surface area contributed by atoms with Gasteiger partial charge in [-0.2, -0.15) is 0 Å². The van der Waals surface area contributed by atoms with Crippen LogP contribution in [0.2, 0.25) is 0 Å². The molecule has 1 aromatic rings. The Labute approximate surface area is 112 Å². The van der Waals surface area contributed by atoms with Crippen LogP contribution in [0.1, 0.15) is 18.1 Å². The lowest BCUT2D eigenvalue weighted by atomic mass is 9.96. The fraction of sp³-hybridized carbons (Fsp3) is 0.500. The number of primary amides is 1. The zero-order valence-corrected chi connectivity index (χ0v) is 11.3. The van der Waals surface area contributed by atoms with Crippen molar-refractivity contribution in [2.45, 2.75) is 25.9 Å². The molecular formula is C14H20N2O3. The molecule has 104 valence electrons. The molecule has 0 saturated heterocycles. The predicted molar refractivity (Wildman–Crippen MR) is 72.2 cm³/mol. The molecule has 5 heteroatoms. The quantitative estimate of drug-likeness (QED) is 0.816. The number of carbonyl (C=O) groups is 1. The number of carbonyl (C=O) groups excluding carboxylic acids is 1. The average Bonchev–Trinajstić information content (AvgIpc) is 2.73. The second kappa shape index (κ2) is 5.48. The lowest BCUT2D eigenvalue weighted by Gasteiger charge is -2.15. The summed E-state index contributed by atoms with van der Waals surface area (Å²) in [5, 5.41) is 0. The molecule has 19 heavy (non-hydrogen) atoms. The highest BCUT2D eigenvalue weighted by atomic mass is 16.5. The van der Waals surface area contributed by atoms with Crippen LogP contribution in [0.5, 0.6) is 11.5 Å². The van der Waals surface area contributed by atoms with E-state index in [1.807, 2.05) is 19.1 Å². The lowest BCUT2D eigenvalue weighted by Crippen LogP contribution is -2.31. The minimum Gasteiger partial charge on any atom is -0.496 e. The van der Waals surface area contributed by atoms with E-state index < -0.39 is 0 Å². The van der Waals surface area contributed by atoms with Crippen LogP contribution in [0, 0.1) is 5.92 Å². The number of hydrogen-bond acceptors (Lipinski definition) is 4. The van der Waals surface area contributed by atoms with Crippen molar-refractivity contribution >= 4 is 5.91 Å². The minimum absolute atomic E-state index is 0.177. The number of nitrogens with two attached hydrogens (primary N) is 2. The van der Waals surface area contributed by atoms with Gasteiger partial charge in [0, 0.05) is 18.5 Å². The maximum atomic E-state index is 11.3. The first-order valence-electron chi connectivity index (χ1n) is 6.41. The first-order chi connectivity index (χ1) is 9.05. The second-order valence-corrected chi connectivity index (χ2v) is 4.94. The second-order valence-electron chi connectivity index (χ2n) is 4.94. The maximum Gasteiger partial charge on any atom is 0.222 e. The van der Waals surface area contributed by atoms with Crippen LogP contribution in [0.3, 0.4) is 0 Å². The van der Waals surface area contributed by atoms with Crippen molar-refractivity contribution in [2.24, 2.45) is 17.4 Å². The Bertz CT molecular complexity index is 488. The van der Waals surface area contributed by atoms with Crippen molar-refractivity contribution in [3.05, 3.63) is 23.3 Å². The van der Waals surface area contributed by atoms with Crippen molar-refractivity contribution in [3.8, 4) is 11.5 Å². The fourth-order valence-electron chi connectivity index (χ4n) is 2.40. The topological polar surface area (TPSA) is 87.6 Å². The molecule has 0 bridgehead atoms. The van der Waals surface area contributed by atoms with Gasteiger partial charge in [-0.3, -0.25) is 4.79 Å². The molecule has 0 saturated carbocycles. The highest BCUT2D eigenvalue weighted by molar-refractivity contribution is 5.77. The number of benzene rings is 1. The number of amides is 1. The molecule has 2 unspecified atom stereocenters. The summed E-state index contributed by atoms with van der Waals surface area (Å²) in [7, 11) is 1.62. The maximum absolute atomic E-state index is 11.3. The van der Waals surface area contributed by atoms with Crippen molar-refractivity contribution in [3.63, 3.8) is 0 Å². The van der Waals surface area contributed by atoms with Crippen LogP contribution in [0.4, 0.5) is 0 Å². The molecule has 2 rings (SSSR count). The van der Waals surface area contributed by atoms with Crippen molar-refractivity contribution in [1.82, 2.24) is 0 Å². The summed E-state index contributed by atoms with van der Waals surface area (Å²) in [4.78, 5) is 11.3. The van der Waals surface area contributed by atoms with E-state index in [1.165, 1.54) is 0 Å². The summed E-state index contributed by atoms with van der Waals surface area (Å²) in [5.41, 5.74) is 12.9. The molecule has 0 spiro atoms. The third-order valence-corrected chi connectivity index (χ3v) is 3.45. The zero-order valence-electron chi connectivity index (χ0n) is 11.3. The summed E-state index contributed by atoms with van der Waals surface area (Å²) in [5.74, 6) is 0.852. The normalized spacial score (nSPS) is 18.6. The number of ether oxygens (including phenoxy) is 2. The van der Waals surface area contributed by atoms with Gasteiger partial charge in [0.05, 0.1) is 13.0 Å². The van der Waals surface area contributed by atoms with Crippen LogP contribution in [0.15, 0.2) is 12.1 Å². The number of rotatable bonds is 5. The Hall–Kier alpha value is -1.75. The van der Waals surface area contributed by atoms with Crippen LogP contribution in [-0.2, 0) is 17.6 Å². The smallest absolute Gasteiger partial charge is 0.222 e. The van der Waals surface area contributed by atoms with Crippen molar-refractivity contribution < 1.29 is 14.3 Å². The van der Waals surface area contributed by atoms with Gasteiger partial charge in [0.2, 0.25) is 5.91 Å². The molecule has 5 nitrogen and oxygen atoms in total. The van der Waals surface area contributed by atoms with Gasteiger partial charge in [-0.25, -0.2) is 0 Å². The zero-order chi connectivity index (χ0) is 14.0. The molecule has 2 atom stereocenters. The van der Waals surface area contributed by atoms with E-state index in [9.17, 15) is 4.79 Å². The fourth-order valence-corrected chi connectivity index (χ4v) is 2.40. The molecule has 1 heterocycles. The van der Waals surface area contributed by atoms with Crippen molar-refractivity contribution in [2.75, 3.05) is 13.7 Å². The van der Waals surface area contributed by atoms with E-state index in [1.54, 1.807) is 7.11 Å². The average molecular weight is 264 g/mol. The van der Waals surface area contributed by atoms with Crippen LogP contribution < -0.4 is 20.9 Å². The third kappa shape index (κ3) is 2.81. The molecule has 1 aliphatic heterocycles. The summed E-state index contributed by atoms with van der Waals surface area (Å²) < 4.78 is 11.1. The molecular weight excluding hydrogens is 244 g/mol. The molecule has 1 amide bonds. The summed E-state index contributed by atoms with van der Waals surface area (Å²) in [6.45, 7) is 2.26. The van der Waals surface area contributed by atoms with E-state index in [0.29, 0.717) is 6.42 Å². The van der Waals surface area contributed by atoms with Gasteiger partial charge in [0.15, 0.2) is 0 Å². The molecule has 1 aliphatic rings. The van der Waals surface area contributed by atoms with E-state index in [-0.39, 0.29) is 24.5 Å². The monoisotopic (exact) mass is 264 g/mol. The first kappa shape index (κ1) is 13.7. The minimum atomic E-state index is -0.390. The van der Waals surface area contributed by atoms with Crippen LogP contribution >= 0.6 is 0 Å². The molecule has 0 fully saturated rings. The van der Waals surface area contributed by atoms with Gasteiger partial charge >= 0.3 is 0 Å². The Balaban J connectivity index is 2.30. The Morgan fingerprint density at radius 1 is 1.58 bits per heavy atom. The number of methoxy groups -OCH3 is 1. The Morgan fingerprint density at radius 2 is 2.32 bits per heavy atom. The van der Waals surface area contributed by atoms with Crippen LogP contribution in [-0.4, -0.2) is 25.7 Å². The van der Waals surface area contributed by atoms with Gasteiger partial charge in [-0.1, -0.05) is 0 Å². The Kier molecular flexibility index (Phi) is 3.95. The van der Waals surface area contributed by atoms with Gasteiger partial charge < -0.3 is 20.9 Å². The molecule has 0 aromatic heterocycles. The van der Waals surface area contributed by atoms with Crippen molar-refractivity contribution in [1.29, 1.82) is 0 Å². The van der Waals surface area contributed by atoms with Gasteiger partial charge in [-0.05, 0) is 31.0 Å². The SMILES string of the molecule is COc1cc2c(cc1CC(CN)C(N)=O)OC(C)C2. The molecule has 0 aliphatic carbocycles. The lowest BCUT2D eigenvalue weighted by molar-refractivity contribution is -0.121. The standard InChI is InChI=1S/C14H20N2O3/c1-8-3-9-5-12(18-2)10(6-13(9)19-8)4-11(7-15)14(16)17/h5-6,8,11H,3-4,7,15H2,1-2H3,(H2,16,17).